The van der Waals surface area contributed by atoms with E-state index in [0.717, 1.165) is 28.6 Å². The molecule has 1 atom stereocenters. The fourth-order valence-electron chi connectivity index (χ4n) is 2.62. The molecule has 1 amide bonds. The van der Waals surface area contributed by atoms with Gasteiger partial charge in [-0.05, 0) is 43.2 Å². The van der Waals surface area contributed by atoms with Gasteiger partial charge in [0.15, 0.2) is 0 Å². The lowest BCUT2D eigenvalue weighted by atomic mass is 10.1. The number of pyridine rings is 1. The Hall–Kier alpha value is -2.30. The standard InChI is InChI=1S/C15H17N3O2/c1-10-6-11-7-12(2-3-14(11)16-8-10)17-13-4-5-18(9-13)15(19)20/h2-3,6-8,13,17H,4-5,9H2,1H3,(H,19,20)/t13-/m1/s1. The molecule has 3 rings (SSSR count). The van der Waals surface area contributed by atoms with Gasteiger partial charge < -0.3 is 15.3 Å². The van der Waals surface area contributed by atoms with Crippen LogP contribution in [0.2, 0.25) is 0 Å². The molecule has 0 saturated carbocycles. The Morgan fingerprint density at radius 1 is 1.45 bits per heavy atom. The van der Waals surface area contributed by atoms with Gasteiger partial charge >= 0.3 is 6.09 Å². The molecule has 2 N–H and O–H groups in total. The van der Waals surface area contributed by atoms with Gasteiger partial charge in [0.2, 0.25) is 0 Å². The van der Waals surface area contributed by atoms with Crippen molar-refractivity contribution < 1.29 is 9.90 Å². The lowest BCUT2D eigenvalue weighted by Crippen LogP contribution is -2.30. The summed E-state index contributed by atoms with van der Waals surface area (Å²) in [6.07, 6.45) is 1.86. The monoisotopic (exact) mass is 271 g/mol. The number of benzene rings is 1. The van der Waals surface area contributed by atoms with Crippen LogP contribution in [0.1, 0.15) is 12.0 Å². The van der Waals surface area contributed by atoms with E-state index in [2.05, 4.69) is 22.4 Å². The number of aryl methyl sites for hydroxylation is 1. The highest BCUT2D eigenvalue weighted by atomic mass is 16.4. The van der Waals surface area contributed by atoms with Crippen molar-refractivity contribution in [2.45, 2.75) is 19.4 Å². The summed E-state index contributed by atoms with van der Waals surface area (Å²) >= 11 is 0. The van der Waals surface area contributed by atoms with E-state index in [9.17, 15) is 4.79 Å². The van der Waals surface area contributed by atoms with Crippen LogP contribution in [0.5, 0.6) is 0 Å². The van der Waals surface area contributed by atoms with E-state index in [4.69, 9.17) is 5.11 Å². The maximum absolute atomic E-state index is 10.9. The summed E-state index contributed by atoms with van der Waals surface area (Å²) in [6.45, 7) is 3.16. The number of anilines is 1. The molecule has 5 nitrogen and oxygen atoms in total. The van der Waals surface area contributed by atoms with Crippen LogP contribution in [0.15, 0.2) is 30.5 Å². The van der Waals surface area contributed by atoms with Crippen molar-refractivity contribution in [2.75, 3.05) is 18.4 Å². The third kappa shape index (κ3) is 2.52. The van der Waals surface area contributed by atoms with Gasteiger partial charge in [-0.3, -0.25) is 4.98 Å². The van der Waals surface area contributed by atoms with E-state index in [0.29, 0.717) is 13.1 Å². The van der Waals surface area contributed by atoms with Gasteiger partial charge in [0.05, 0.1) is 5.52 Å². The summed E-state index contributed by atoms with van der Waals surface area (Å²) in [5.74, 6) is 0. The van der Waals surface area contributed by atoms with Gasteiger partial charge in [-0.25, -0.2) is 4.79 Å². The molecule has 2 aromatic rings. The largest absolute Gasteiger partial charge is 0.465 e. The van der Waals surface area contributed by atoms with Crippen LogP contribution in [-0.4, -0.2) is 40.2 Å². The zero-order valence-electron chi connectivity index (χ0n) is 11.3. The molecule has 1 aromatic heterocycles. The van der Waals surface area contributed by atoms with Crippen molar-refractivity contribution in [1.82, 2.24) is 9.88 Å². The van der Waals surface area contributed by atoms with Gasteiger partial charge in [-0.2, -0.15) is 0 Å². The number of rotatable bonds is 2. The molecule has 1 aliphatic heterocycles. The van der Waals surface area contributed by atoms with Crippen LogP contribution in [0.4, 0.5) is 10.5 Å². The molecule has 5 heteroatoms. The summed E-state index contributed by atoms with van der Waals surface area (Å²) in [5.41, 5.74) is 3.12. The fraction of sp³-hybridized carbons (Fsp3) is 0.333. The maximum atomic E-state index is 10.9. The van der Waals surface area contributed by atoms with Gasteiger partial charge in [0.25, 0.3) is 0 Å². The molecule has 1 aromatic carbocycles. The average Bonchev–Trinajstić information content (AvgIpc) is 2.87. The second-order valence-corrected chi connectivity index (χ2v) is 5.28. The number of hydrogen-bond donors (Lipinski definition) is 2. The first kappa shape index (κ1) is 12.7. The molecule has 0 spiro atoms. The third-order valence-electron chi connectivity index (χ3n) is 3.65. The highest BCUT2D eigenvalue weighted by molar-refractivity contribution is 5.82. The minimum absolute atomic E-state index is 0.182. The van der Waals surface area contributed by atoms with E-state index >= 15 is 0 Å². The molecule has 1 fully saturated rings. The molecule has 0 bridgehead atoms. The first-order chi connectivity index (χ1) is 9.61. The number of carboxylic acid groups (broad SMARTS) is 1. The molecule has 1 saturated heterocycles. The van der Waals surface area contributed by atoms with Crippen molar-refractivity contribution in [3.8, 4) is 0 Å². The van der Waals surface area contributed by atoms with E-state index in [1.54, 1.807) is 0 Å². The molecule has 0 radical (unpaired) electrons. The normalized spacial score (nSPS) is 18.4. The number of amides is 1. The van der Waals surface area contributed by atoms with E-state index in [-0.39, 0.29) is 6.04 Å². The zero-order chi connectivity index (χ0) is 14.1. The molecule has 104 valence electrons. The molecule has 20 heavy (non-hydrogen) atoms. The Labute approximate surface area is 117 Å². The van der Waals surface area contributed by atoms with Crippen molar-refractivity contribution in [2.24, 2.45) is 0 Å². The smallest absolute Gasteiger partial charge is 0.407 e. The zero-order valence-corrected chi connectivity index (χ0v) is 11.3. The van der Waals surface area contributed by atoms with Gasteiger partial charge in [0, 0.05) is 36.4 Å². The first-order valence-electron chi connectivity index (χ1n) is 6.72. The maximum Gasteiger partial charge on any atom is 0.407 e. The topological polar surface area (TPSA) is 65.5 Å². The van der Waals surface area contributed by atoms with Crippen LogP contribution < -0.4 is 5.32 Å². The second kappa shape index (κ2) is 5.00. The Balaban J connectivity index is 1.76. The van der Waals surface area contributed by atoms with E-state index in [1.807, 2.05) is 25.3 Å². The van der Waals surface area contributed by atoms with Crippen LogP contribution in [-0.2, 0) is 0 Å². The van der Waals surface area contributed by atoms with Crippen LogP contribution in [0.3, 0.4) is 0 Å². The van der Waals surface area contributed by atoms with Gasteiger partial charge in [0.1, 0.15) is 0 Å². The number of nitrogens with one attached hydrogen (secondary N) is 1. The summed E-state index contributed by atoms with van der Waals surface area (Å²) in [4.78, 5) is 16.7. The van der Waals surface area contributed by atoms with Crippen LogP contribution >= 0.6 is 0 Å². The Kier molecular flexibility index (Phi) is 3.18. The summed E-state index contributed by atoms with van der Waals surface area (Å²) in [7, 11) is 0. The molecular formula is C15H17N3O2. The van der Waals surface area contributed by atoms with Crippen LogP contribution in [0.25, 0.3) is 10.9 Å². The van der Waals surface area contributed by atoms with Gasteiger partial charge in [-0.15, -0.1) is 0 Å². The predicted molar refractivity (Wildman–Crippen MR) is 78.1 cm³/mol. The molecular weight excluding hydrogens is 254 g/mol. The summed E-state index contributed by atoms with van der Waals surface area (Å²) < 4.78 is 0. The van der Waals surface area contributed by atoms with Crippen molar-refractivity contribution in [3.63, 3.8) is 0 Å². The third-order valence-corrected chi connectivity index (χ3v) is 3.65. The minimum Gasteiger partial charge on any atom is -0.465 e. The second-order valence-electron chi connectivity index (χ2n) is 5.28. The number of aromatic nitrogens is 1. The number of carbonyl (C=O) groups is 1. The number of hydrogen-bond acceptors (Lipinski definition) is 3. The lowest BCUT2D eigenvalue weighted by molar-refractivity contribution is 0.155. The average molecular weight is 271 g/mol. The first-order valence-corrected chi connectivity index (χ1v) is 6.72. The SMILES string of the molecule is Cc1cnc2ccc(N[C@@H]3CCN(C(=O)O)C3)cc2c1. The number of likely N-dealkylation sites (tertiary alicyclic amines) is 1. The van der Waals surface area contributed by atoms with Gasteiger partial charge in [-0.1, -0.05) is 0 Å². The highest BCUT2D eigenvalue weighted by Gasteiger charge is 2.25. The molecule has 2 heterocycles. The predicted octanol–water partition coefficient (Wildman–Crippen LogP) is 2.71. The molecule has 0 aliphatic carbocycles. The minimum atomic E-state index is -0.840. The number of fused-ring (bicyclic) bond motifs is 1. The Morgan fingerprint density at radius 3 is 3.05 bits per heavy atom. The van der Waals surface area contributed by atoms with E-state index < -0.39 is 6.09 Å². The summed E-state index contributed by atoms with van der Waals surface area (Å²) in [6, 6.07) is 8.33. The van der Waals surface area contributed by atoms with Crippen molar-refractivity contribution in [3.05, 3.63) is 36.0 Å². The lowest BCUT2D eigenvalue weighted by Gasteiger charge is -2.15. The quantitative estimate of drug-likeness (QED) is 0.881. The summed E-state index contributed by atoms with van der Waals surface area (Å²) in [5, 5.41) is 13.5. The Morgan fingerprint density at radius 2 is 2.30 bits per heavy atom. The molecule has 1 aliphatic rings. The van der Waals surface area contributed by atoms with Crippen LogP contribution in [0, 0.1) is 6.92 Å². The van der Waals surface area contributed by atoms with E-state index in [1.165, 1.54) is 4.90 Å². The molecule has 0 unspecified atom stereocenters. The van der Waals surface area contributed by atoms with Crippen molar-refractivity contribution in [1.29, 1.82) is 0 Å². The Bertz CT molecular complexity index is 657. The fourth-order valence-corrected chi connectivity index (χ4v) is 2.62. The number of nitrogens with zero attached hydrogens (tertiary/aromatic N) is 2. The van der Waals surface area contributed by atoms with Crippen molar-refractivity contribution >= 4 is 22.7 Å². The highest BCUT2D eigenvalue weighted by Crippen LogP contribution is 2.21.